The highest BCUT2D eigenvalue weighted by Gasteiger charge is 2.41. The van der Waals surface area contributed by atoms with Gasteiger partial charge < -0.3 is 10.3 Å². The second-order valence-electron chi connectivity index (χ2n) is 5.93. The number of rotatable bonds is 6. The van der Waals surface area contributed by atoms with Crippen LogP contribution in [0.15, 0.2) is 41.2 Å². The minimum absolute atomic E-state index is 0.0263. The Morgan fingerprint density at radius 3 is 2.40 bits per heavy atom. The summed E-state index contributed by atoms with van der Waals surface area (Å²) in [5.74, 6) is -0.832. The maximum atomic E-state index is 13.3. The van der Waals surface area contributed by atoms with Crippen LogP contribution < -0.4 is 10.9 Å². The molecule has 0 aliphatic rings. The molecule has 1 unspecified atom stereocenters. The van der Waals surface area contributed by atoms with Gasteiger partial charge in [0.1, 0.15) is 6.04 Å². The monoisotopic (exact) mass is 352 g/mol. The first-order chi connectivity index (χ1) is 11.7. The predicted molar refractivity (Wildman–Crippen MR) is 88.6 cm³/mol. The van der Waals surface area contributed by atoms with Crippen molar-refractivity contribution in [3.63, 3.8) is 0 Å². The fraction of sp³-hybridized carbons (Fsp3) is 0.333. The van der Waals surface area contributed by atoms with Gasteiger partial charge in [-0.3, -0.25) is 9.59 Å². The third-order valence-corrected chi connectivity index (χ3v) is 3.82. The Labute approximate surface area is 143 Å². The number of halogens is 3. The Balaban J connectivity index is 2.17. The predicted octanol–water partition coefficient (Wildman–Crippen LogP) is 3.29. The van der Waals surface area contributed by atoms with E-state index in [4.69, 9.17) is 0 Å². The summed E-state index contributed by atoms with van der Waals surface area (Å²) in [7, 11) is 0. The summed E-state index contributed by atoms with van der Waals surface area (Å²) in [4.78, 5) is 26.7. The summed E-state index contributed by atoms with van der Waals surface area (Å²) in [6, 6.07) is 8.13. The molecular weight excluding hydrogens is 333 g/mol. The first-order valence-electron chi connectivity index (χ1n) is 7.76. The molecule has 0 aliphatic carbocycles. The van der Waals surface area contributed by atoms with Crippen molar-refractivity contribution >= 4 is 5.78 Å². The number of Topliss-reactive ketones (excluding diaryl/α,β-unsaturated/α-hetero) is 1. The zero-order valence-electron chi connectivity index (χ0n) is 13.9. The molecule has 25 heavy (non-hydrogen) atoms. The average Bonchev–Trinajstić information content (AvgIpc) is 2.50. The van der Waals surface area contributed by atoms with E-state index in [9.17, 15) is 22.8 Å². The molecule has 2 aromatic rings. The molecule has 2 rings (SSSR count). The van der Waals surface area contributed by atoms with Gasteiger partial charge in [-0.25, -0.2) is 0 Å². The van der Waals surface area contributed by atoms with E-state index in [-0.39, 0.29) is 12.1 Å². The molecule has 0 saturated carbocycles. The molecule has 1 aromatic heterocycles. The minimum atomic E-state index is -4.60. The van der Waals surface area contributed by atoms with E-state index < -0.39 is 30.0 Å². The molecule has 1 heterocycles. The number of H-pyrrole nitrogens is 1. The number of aryl methyl sites for hydroxylation is 2. The number of carbonyl (C=O) groups excluding carboxylic acids is 1. The molecule has 134 valence electrons. The van der Waals surface area contributed by atoms with E-state index in [2.05, 4.69) is 10.3 Å². The number of aromatic amines is 1. The van der Waals surface area contributed by atoms with E-state index in [1.165, 1.54) is 6.92 Å². The first kappa shape index (κ1) is 18.9. The number of carbonyl (C=O) groups is 1. The van der Waals surface area contributed by atoms with E-state index >= 15 is 0 Å². The minimum Gasteiger partial charge on any atom is -0.326 e. The summed E-state index contributed by atoms with van der Waals surface area (Å²) in [6.07, 6.45) is -5.43. The Kier molecular flexibility index (Phi) is 5.79. The van der Waals surface area contributed by atoms with E-state index in [1.54, 1.807) is 43.3 Å². The van der Waals surface area contributed by atoms with Crippen molar-refractivity contribution in [3.05, 3.63) is 69.1 Å². The lowest BCUT2D eigenvalue weighted by atomic mass is 10.00. The van der Waals surface area contributed by atoms with Crippen molar-refractivity contribution in [2.24, 2.45) is 0 Å². The van der Waals surface area contributed by atoms with E-state index in [1.807, 2.05) is 0 Å². The van der Waals surface area contributed by atoms with Crippen molar-refractivity contribution in [1.29, 1.82) is 0 Å². The van der Waals surface area contributed by atoms with Crippen LogP contribution in [0, 0.1) is 13.8 Å². The van der Waals surface area contributed by atoms with Crippen LogP contribution in [-0.4, -0.2) is 23.0 Å². The van der Waals surface area contributed by atoms with E-state index in [0.717, 1.165) is 0 Å². The maximum Gasteiger partial charge on any atom is 0.404 e. The van der Waals surface area contributed by atoms with Crippen molar-refractivity contribution in [1.82, 2.24) is 10.3 Å². The van der Waals surface area contributed by atoms with Crippen LogP contribution >= 0.6 is 0 Å². The Bertz CT molecular complexity index is 798. The summed E-state index contributed by atoms with van der Waals surface area (Å²) >= 11 is 0. The van der Waals surface area contributed by atoms with Crippen LogP contribution in [0.25, 0.3) is 0 Å². The smallest absolute Gasteiger partial charge is 0.326 e. The molecule has 7 heteroatoms. The van der Waals surface area contributed by atoms with Crippen molar-refractivity contribution in [3.8, 4) is 0 Å². The van der Waals surface area contributed by atoms with Crippen molar-refractivity contribution < 1.29 is 18.0 Å². The van der Waals surface area contributed by atoms with Crippen LogP contribution in [0.4, 0.5) is 13.2 Å². The van der Waals surface area contributed by atoms with Crippen LogP contribution in [-0.2, 0) is 6.54 Å². The van der Waals surface area contributed by atoms with Gasteiger partial charge in [0.2, 0.25) is 0 Å². The van der Waals surface area contributed by atoms with Crippen LogP contribution in [0.2, 0.25) is 0 Å². The molecule has 0 spiro atoms. The molecule has 0 aliphatic heterocycles. The van der Waals surface area contributed by atoms with Gasteiger partial charge in [0.05, 0.1) is 5.56 Å². The topological polar surface area (TPSA) is 62.0 Å². The van der Waals surface area contributed by atoms with Gasteiger partial charge in [-0.1, -0.05) is 30.3 Å². The van der Waals surface area contributed by atoms with Crippen molar-refractivity contribution in [2.75, 3.05) is 0 Å². The largest absolute Gasteiger partial charge is 0.404 e. The number of aromatic nitrogens is 1. The van der Waals surface area contributed by atoms with Crippen LogP contribution in [0.3, 0.4) is 0 Å². The zero-order valence-corrected chi connectivity index (χ0v) is 13.9. The molecule has 0 amide bonds. The second kappa shape index (κ2) is 7.65. The van der Waals surface area contributed by atoms with Gasteiger partial charge >= 0.3 is 6.18 Å². The fourth-order valence-electron chi connectivity index (χ4n) is 2.63. The molecule has 0 fully saturated rings. The van der Waals surface area contributed by atoms with Gasteiger partial charge in [-0.05, 0) is 31.0 Å². The lowest BCUT2D eigenvalue weighted by Gasteiger charge is -2.21. The highest BCUT2D eigenvalue weighted by Crippen LogP contribution is 2.24. The van der Waals surface area contributed by atoms with Gasteiger partial charge in [-0.15, -0.1) is 0 Å². The highest BCUT2D eigenvalue weighted by atomic mass is 19.4. The first-order valence-corrected chi connectivity index (χ1v) is 7.76. The van der Waals surface area contributed by atoms with E-state index in [0.29, 0.717) is 16.8 Å². The fourth-order valence-corrected chi connectivity index (χ4v) is 2.63. The van der Waals surface area contributed by atoms with Gasteiger partial charge in [0.25, 0.3) is 5.56 Å². The third-order valence-electron chi connectivity index (χ3n) is 3.82. The average molecular weight is 352 g/mol. The Hall–Kier alpha value is -2.41. The number of benzene rings is 1. The maximum absolute atomic E-state index is 13.3. The highest BCUT2D eigenvalue weighted by molar-refractivity contribution is 5.97. The van der Waals surface area contributed by atoms with Gasteiger partial charge in [0.15, 0.2) is 5.78 Å². The molecule has 4 nitrogen and oxygen atoms in total. The number of hydrogen-bond acceptors (Lipinski definition) is 3. The summed E-state index contributed by atoms with van der Waals surface area (Å²) in [5, 5.41) is 2.37. The van der Waals surface area contributed by atoms with Crippen LogP contribution in [0.1, 0.15) is 33.6 Å². The molecule has 0 saturated heterocycles. The molecule has 2 N–H and O–H groups in total. The standard InChI is InChI=1S/C18H19F3N2O2/c1-11-8-12(2)23-17(25)16(11)14(24)9-15(18(19,20)21)22-10-13-6-4-3-5-7-13/h3-8,15,22H,9-10H2,1-2H3,(H,23,25). The number of nitrogens with one attached hydrogen (secondary N) is 2. The van der Waals surface area contributed by atoms with Gasteiger partial charge in [-0.2, -0.15) is 13.2 Å². The number of hydrogen-bond donors (Lipinski definition) is 2. The SMILES string of the molecule is Cc1cc(C)c(C(=O)CC(NCc2ccccc2)C(F)(F)F)c(=O)[nH]1. The lowest BCUT2D eigenvalue weighted by molar-refractivity contribution is -0.155. The molecule has 1 atom stereocenters. The summed E-state index contributed by atoms with van der Waals surface area (Å²) in [6.45, 7) is 3.15. The van der Waals surface area contributed by atoms with Gasteiger partial charge in [0, 0.05) is 18.7 Å². The lowest BCUT2D eigenvalue weighted by Crippen LogP contribution is -2.44. The summed E-state index contributed by atoms with van der Waals surface area (Å²) < 4.78 is 39.8. The Morgan fingerprint density at radius 2 is 1.84 bits per heavy atom. The Morgan fingerprint density at radius 1 is 1.20 bits per heavy atom. The molecule has 0 bridgehead atoms. The normalized spacial score (nSPS) is 12.8. The number of ketones is 1. The quantitative estimate of drug-likeness (QED) is 0.785. The molecule has 1 aromatic carbocycles. The molecular formula is C18H19F3N2O2. The van der Waals surface area contributed by atoms with Crippen molar-refractivity contribution in [2.45, 2.75) is 39.0 Å². The zero-order chi connectivity index (χ0) is 18.6. The molecule has 0 radical (unpaired) electrons. The number of pyridine rings is 1. The second-order valence-corrected chi connectivity index (χ2v) is 5.93. The van der Waals surface area contributed by atoms with Crippen LogP contribution in [0.5, 0.6) is 0 Å². The summed E-state index contributed by atoms with van der Waals surface area (Å²) in [5.41, 5.74) is 0.713. The third kappa shape index (κ3) is 5.03. The number of alkyl halides is 3.